The first-order chi connectivity index (χ1) is 31.0. The van der Waals surface area contributed by atoms with Crippen molar-refractivity contribution in [2.45, 2.75) is 191 Å². The van der Waals surface area contributed by atoms with Gasteiger partial charge in [-0.1, -0.05) is 69.9 Å². The normalized spacial score (nSPS) is 28.1. The number of aliphatic hydroxyl groups excluding tert-OH is 5. The molecule has 0 radical (unpaired) electrons. The van der Waals surface area contributed by atoms with Crippen LogP contribution in [0.3, 0.4) is 0 Å². The van der Waals surface area contributed by atoms with Crippen molar-refractivity contribution in [2.24, 2.45) is 0 Å². The maximum Gasteiger partial charge on any atom is 0.339 e. The van der Waals surface area contributed by atoms with Gasteiger partial charge >= 0.3 is 11.9 Å². The third-order valence-electron chi connectivity index (χ3n) is 12.2. The van der Waals surface area contributed by atoms with E-state index in [0.717, 1.165) is 38.5 Å². The number of fused-ring (bicyclic) bond motifs is 1. The minimum atomic E-state index is -1.59. The molecule has 2 amide bonds. The second kappa shape index (κ2) is 24.3. The average molecular weight is 917 g/mol. The van der Waals surface area contributed by atoms with Crippen LogP contribution in [0.25, 0.3) is 6.08 Å². The number of hydrogen-bond acceptors (Lipinski definition) is 15. The van der Waals surface area contributed by atoms with Crippen molar-refractivity contribution in [3.8, 4) is 0 Å². The summed E-state index contributed by atoms with van der Waals surface area (Å²) in [4.78, 5) is 56.3. The van der Waals surface area contributed by atoms with Crippen LogP contribution in [0.1, 0.15) is 134 Å². The number of carbonyl (C=O) groups excluding carboxylic acids is 4. The largest absolute Gasteiger partial charge is 0.460 e. The molecule has 17 heteroatoms. The van der Waals surface area contributed by atoms with E-state index in [-0.39, 0.29) is 31.4 Å². The van der Waals surface area contributed by atoms with Crippen LogP contribution in [0.2, 0.25) is 0 Å². The number of unbranched alkanes of at least 4 members (excludes halogenated alkanes) is 4. The Morgan fingerprint density at radius 3 is 2.34 bits per heavy atom. The highest BCUT2D eigenvalue weighted by Gasteiger charge is 2.53. The molecular weight excluding hydrogens is 845 g/mol. The summed E-state index contributed by atoms with van der Waals surface area (Å²) in [5, 5.41) is 53.0. The molecule has 4 aliphatic rings. The molecule has 0 saturated carbocycles. The fourth-order valence-corrected chi connectivity index (χ4v) is 8.81. The van der Waals surface area contributed by atoms with Crippen LogP contribution in [0.15, 0.2) is 42.0 Å². The average Bonchev–Trinajstić information content (AvgIpc) is 3.92. The van der Waals surface area contributed by atoms with E-state index in [2.05, 4.69) is 19.2 Å². The maximum absolute atomic E-state index is 14.5. The molecule has 0 spiro atoms. The number of esters is 2. The number of likely N-dealkylation sites (tertiary alicyclic amines) is 1. The lowest BCUT2D eigenvalue weighted by Crippen LogP contribution is -2.59. The number of carbonyl (C=O) groups is 4. The molecule has 1 aliphatic carbocycles. The summed E-state index contributed by atoms with van der Waals surface area (Å²) in [7, 11) is 0. The van der Waals surface area contributed by atoms with E-state index in [9.17, 15) is 44.7 Å². The Hall–Kier alpha value is -3.78. The van der Waals surface area contributed by atoms with E-state index < -0.39 is 109 Å². The molecular formula is C48H72N2O15. The van der Waals surface area contributed by atoms with Gasteiger partial charge in [-0.25, -0.2) is 4.79 Å². The molecule has 5 rings (SSSR count). The number of aliphatic hydroxyl groups is 5. The molecule has 3 aliphatic heterocycles. The third-order valence-corrected chi connectivity index (χ3v) is 12.2. The highest BCUT2D eigenvalue weighted by Crippen LogP contribution is 2.44. The first-order valence-corrected chi connectivity index (χ1v) is 23.4. The van der Waals surface area contributed by atoms with E-state index >= 15 is 0 Å². The molecule has 0 aromatic heterocycles. The van der Waals surface area contributed by atoms with Gasteiger partial charge in [0.1, 0.15) is 54.4 Å². The number of nitrogens with one attached hydrogen (secondary N) is 1. The molecule has 3 heterocycles. The van der Waals surface area contributed by atoms with Gasteiger partial charge in [0, 0.05) is 37.8 Å². The Balaban J connectivity index is 1.34. The molecule has 1 aromatic rings. The molecule has 364 valence electrons. The van der Waals surface area contributed by atoms with Crippen molar-refractivity contribution in [2.75, 3.05) is 26.4 Å². The van der Waals surface area contributed by atoms with E-state index in [0.29, 0.717) is 43.4 Å². The summed E-state index contributed by atoms with van der Waals surface area (Å²) in [6.07, 6.45) is 3.47. The lowest BCUT2D eigenvalue weighted by atomic mass is 9.91. The molecule has 0 bridgehead atoms. The standard InChI is InChI=1S/C48H72N2O15/c1-6-8-12-22-48(23-13-9-7-2)63-36-27-31(44(58)50-24-14-19-34(50)43(57)49-32(28-51)20-21-38(53)64-47(3,4)5)26-35(42(36)65-48)61-45(59)33-18-11-10-16-30(33)17-15-25-60-46-41(56)40(55)39(54)37(29-52)62-46/h10-11,15-18,27,32,34-37,39-42,46,51-52,54-56H,6-9,12-14,19-26,28-29H2,1-5H3,(H,49,57)/t32-,34+,35+,36+,37+,39-,40-,41+,42-,46-/m0/s1. The van der Waals surface area contributed by atoms with Crippen molar-refractivity contribution in [3.63, 3.8) is 0 Å². The van der Waals surface area contributed by atoms with Gasteiger partial charge in [0.25, 0.3) is 0 Å². The number of benzene rings is 1. The lowest BCUT2D eigenvalue weighted by Gasteiger charge is -2.39. The van der Waals surface area contributed by atoms with Crippen molar-refractivity contribution in [1.29, 1.82) is 0 Å². The van der Waals surface area contributed by atoms with E-state index in [1.807, 2.05) is 0 Å². The molecule has 17 nitrogen and oxygen atoms in total. The molecule has 6 N–H and O–H groups in total. The number of hydrogen-bond donors (Lipinski definition) is 6. The van der Waals surface area contributed by atoms with Crippen molar-refractivity contribution < 1.29 is 73.1 Å². The number of nitrogens with zero attached hydrogens (tertiary/aromatic N) is 1. The van der Waals surface area contributed by atoms with Gasteiger partial charge in [0.15, 0.2) is 12.1 Å². The Morgan fingerprint density at radius 1 is 0.969 bits per heavy atom. The first kappa shape index (κ1) is 52.2. The van der Waals surface area contributed by atoms with Crippen LogP contribution in [-0.4, -0.2) is 153 Å². The van der Waals surface area contributed by atoms with E-state index in [1.54, 1.807) is 63.3 Å². The van der Waals surface area contributed by atoms with Crippen LogP contribution in [0, 0.1) is 0 Å². The van der Waals surface area contributed by atoms with Gasteiger partial charge in [-0.3, -0.25) is 14.4 Å². The lowest BCUT2D eigenvalue weighted by molar-refractivity contribution is -0.298. The first-order valence-electron chi connectivity index (χ1n) is 23.4. The summed E-state index contributed by atoms with van der Waals surface area (Å²) in [5.41, 5.74) is 0.346. The second-order valence-electron chi connectivity index (χ2n) is 18.5. The number of rotatable bonds is 22. The summed E-state index contributed by atoms with van der Waals surface area (Å²) < 4.78 is 36.3. The van der Waals surface area contributed by atoms with Crippen molar-refractivity contribution >= 4 is 29.8 Å². The smallest absolute Gasteiger partial charge is 0.339 e. The van der Waals surface area contributed by atoms with Gasteiger partial charge < -0.3 is 64.2 Å². The predicted molar refractivity (Wildman–Crippen MR) is 237 cm³/mol. The summed E-state index contributed by atoms with van der Waals surface area (Å²) in [5.74, 6) is -2.90. The number of amides is 2. The summed E-state index contributed by atoms with van der Waals surface area (Å²) in [6, 6.07) is 5.19. The van der Waals surface area contributed by atoms with Crippen molar-refractivity contribution in [3.05, 3.63) is 53.1 Å². The highest BCUT2D eigenvalue weighted by molar-refractivity contribution is 5.98. The zero-order valence-electron chi connectivity index (χ0n) is 38.6. The van der Waals surface area contributed by atoms with Gasteiger partial charge in [0.2, 0.25) is 11.8 Å². The molecule has 3 fully saturated rings. The van der Waals surface area contributed by atoms with Gasteiger partial charge in [-0.2, -0.15) is 0 Å². The van der Waals surface area contributed by atoms with Gasteiger partial charge in [-0.15, -0.1) is 0 Å². The Morgan fingerprint density at radius 2 is 1.68 bits per heavy atom. The zero-order valence-corrected chi connectivity index (χ0v) is 38.6. The third kappa shape index (κ3) is 14.1. The fraction of sp³-hybridized carbons (Fsp3) is 0.708. The Labute approximate surface area is 382 Å². The highest BCUT2D eigenvalue weighted by atomic mass is 16.8. The second-order valence-corrected chi connectivity index (χ2v) is 18.5. The van der Waals surface area contributed by atoms with Gasteiger partial charge in [-0.05, 0) is 70.6 Å². The SMILES string of the molecule is CCCCCC1(CCCCC)O[C@@H]2[C@@H](C=C(C(=O)N3CCC[C@@H]3C(=O)N[C@H](CO)CCC(=O)OC(C)(C)C)C[C@H]2OC(=O)c2ccccc2C=CCO[C@H]2O[C@H](CO)[C@H](O)[C@H](O)[C@H]2O)O1. The molecule has 0 unspecified atom stereocenters. The Kier molecular flexibility index (Phi) is 19.5. The van der Waals surface area contributed by atoms with Crippen LogP contribution in [-0.2, 0) is 42.8 Å². The summed E-state index contributed by atoms with van der Waals surface area (Å²) in [6.45, 7) is 8.71. The minimum absolute atomic E-state index is 0.0000357. The summed E-state index contributed by atoms with van der Waals surface area (Å²) >= 11 is 0. The minimum Gasteiger partial charge on any atom is -0.460 e. The predicted octanol–water partition coefficient (Wildman–Crippen LogP) is 3.60. The van der Waals surface area contributed by atoms with Crippen LogP contribution in [0.4, 0.5) is 0 Å². The zero-order chi connectivity index (χ0) is 47.3. The monoisotopic (exact) mass is 916 g/mol. The van der Waals surface area contributed by atoms with Crippen LogP contribution < -0.4 is 5.32 Å². The Bertz CT molecular complexity index is 1780. The molecule has 65 heavy (non-hydrogen) atoms. The van der Waals surface area contributed by atoms with Gasteiger partial charge in [0.05, 0.1) is 31.4 Å². The number of ether oxygens (including phenoxy) is 6. The maximum atomic E-state index is 14.5. The molecule has 1 aromatic carbocycles. The van der Waals surface area contributed by atoms with Crippen molar-refractivity contribution in [1.82, 2.24) is 10.2 Å². The van der Waals surface area contributed by atoms with E-state index in [1.165, 1.54) is 4.90 Å². The fourth-order valence-electron chi connectivity index (χ4n) is 8.81. The quantitative estimate of drug-likeness (QED) is 0.0720. The van der Waals surface area contributed by atoms with Crippen LogP contribution in [0.5, 0.6) is 0 Å². The molecule has 3 saturated heterocycles. The molecule has 10 atom stereocenters. The van der Waals surface area contributed by atoms with Crippen LogP contribution >= 0.6 is 0 Å². The van der Waals surface area contributed by atoms with E-state index in [4.69, 9.17) is 28.4 Å². The topological polar surface area (TPSA) is 240 Å².